The predicted molar refractivity (Wildman–Crippen MR) is 105 cm³/mol. The van der Waals surface area contributed by atoms with Crippen molar-refractivity contribution in [2.75, 3.05) is 20.3 Å². The molecule has 0 aliphatic heterocycles. The minimum Gasteiger partial charge on any atom is -0.497 e. The number of carbonyl (C=O) groups excluding carboxylic acids is 1. The Balaban J connectivity index is 1.83. The molecule has 142 valence electrons. The summed E-state index contributed by atoms with van der Waals surface area (Å²) < 4.78 is 14.0. The summed E-state index contributed by atoms with van der Waals surface area (Å²) in [5.41, 5.74) is 1.07. The molecule has 1 aromatic heterocycles. The van der Waals surface area contributed by atoms with Crippen molar-refractivity contribution in [2.45, 2.75) is 52.0 Å². The van der Waals surface area contributed by atoms with Crippen LogP contribution in [0, 0.1) is 5.92 Å². The molecular weight excluding hydrogens is 348 g/mol. The van der Waals surface area contributed by atoms with Crippen LogP contribution in [0.2, 0.25) is 0 Å². The van der Waals surface area contributed by atoms with E-state index in [1.165, 1.54) is 37.0 Å². The van der Waals surface area contributed by atoms with Crippen LogP contribution >= 0.6 is 11.3 Å². The first-order chi connectivity index (χ1) is 12.7. The molecule has 1 fully saturated rings. The van der Waals surface area contributed by atoms with E-state index in [9.17, 15) is 4.79 Å². The third-order valence-corrected chi connectivity index (χ3v) is 6.06. The molecule has 0 bridgehead atoms. The van der Waals surface area contributed by atoms with Crippen LogP contribution in [-0.2, 0) is 16.1 Å². The Hall–Kier alpha value is -1.66. The highest BCUT2D eigenvalue weighted by Gasteiger charge is 2.16. The minimum atomic E-state index is -0.0134. The standard InChI is InChI=1S/C20H28N2O3S/c1-3-25-13-12-22-17-10-9-16(24-2)14-18(17)26-20(22)21-19(23)11-8-15-6-4-5-7-15/h9-10,14-15H,3-8,11-13H2,1-2H3. The van der Waals surface area contributed by atoms with Crippen LogP contribution in [0.25, 0.3) is 10.2 Å². The number of ether oxygens (including phenoxy) is 2. The highest BCUT2D eigenvalue weighted by atomic mass is 32.1. The molecule has 0 radical (unpaired) electrons. The fourth-order valence-electron chi connectivity index (χ4n) is 3.57. The van der Waals surface area contributed by atoms with E-state index in [1.807, 2.05) is 25.1 Å². The summed E-state index contributed by atoms with van der Waals surface area (Å²) in [5.74, 6) is 1.52. The first kappa shape index (κ1) is 19.1. The molecule has 3 rings (SSSR count). The topological polar surface area (TPSA) is 52.8 Å². The Morgan fingerprint density at radius 2 is 2.15 bits per heavy atom. The first-order valence-electron chi connectivity index (χ1n) is 9.54. The second-order valence-electron chi connectivity index (χ2n) is 6.76. The zero-order chi connectivity index (χ0) is 18.4. The number of fused-ring (bicyclic) bond motifs is 1. The van der Waals surface area contributed by atoms with Crippen LogP contribution in [0.3, 0.4) is 0 Å². The van der Waals surface area contributed by atoms with Gasteiger partial charge in [-0.15, -0.1) is 0 Å². The van der Waals surface area contributed by atoms with Crippen molar-refractivity contribution in [3.8, 4) is 5.75 Å². The van der Waals surface area contributed by atoms with Gasteiger partial charge in [0.15, 0.2) is 4.80 Å². The maximum Gasteiger partial charge on any atom is 0.248 e. The van der Waals surface area contributed by atoms with Gasteiger partial charge in [-0.1, -0.05) is 37.0 Å². The first-order valence-corrected chi connectivity index (χ1v) is 10.4. The molecule has 1 aliphatic carbocycles. The van der Waals surface area contributed by atoms with Gasteiger partial charge in [0.05, 0.1) is 23.9 Å². The second-order valence-corrected chi connectivity index (χ2v) is 7.77. The van der Waals surface area contributed by atoms with Crippen molar-refractivity contribution in [3.05, 3.63) is 23.0 Å². The Labute approximate surface area is 158 Å². The van der Waals surface area contributed by atoms with Gasteiger partial charge in [0, 0.05) is 19.6 Å². The molecule has 0 N–H and O–H groups in total. The van der Waals surface area contributed by atoms with Crippen molar-refractivity contribution in [1.29, 1.82) is 0 Å². The largest absolute Gasteiger partial charge is 0.497 e. The third-order valence-electron chi connectivity index (χ3n) is 5.01. The SMILES string of the molecule is CCOCCn1c(=NC(=O)CCC2CCCC2)sc2cc(OC)ccc21. The van der Waals surface area contributed by atoms with Crippen molar-refractivity contribution < 1.29 is 14.3 Å². The number of rotatable bonds is 8. The number of hydrogen-bond acceptors (Lipinski definition) is 4. The minimum absolute atomic E-state index is 0.0134. The van der Waals surface area contributed by atoms with Crippen molar-refractivity contribution in [3.63, 3.8) is 0 Å². The zero-order valence-electron chi connectivity index (χ0n) is 15.7. The molecule has 2 aromatic rings. The Morgan fingerprint density at radius 1 is 1.35 bits per heavy atom. The molecular formula is C20H28N2O3S. The molecule has 1 saturated carbocycles. The molecule has 1 aromatic carbocycles. The van der Waals surface area contributed by atoms with Crippen LogP contribution in [-0.4, -0.2) is 30.8 Å². The van der Waals surface area contributed by atoms with Gasteiger partial charge >= 0.3 is 0 Å². The summed E-state index contributed by atoms with van der Waals surface area (Å²) in [6.07, 6.45) is 6.68. The summed E-state index contributed by atoms with van der Waals surface area (Å²) in [6, 6.07) is 5.97. The molecule has 6 heteroatoms. The van der Waals surface area contributed by atoms with Gasteiger partial charge in [0.1, 0.15) is 5.75 Å². The number of nitrogens with zero attached hydrogens (tertiary/aromatic N) is 2. The number of amides is 1. The lowest BCUT2D eigenvalue weighted by Gasteiger charge is -2.07. The average molecular weight is 377 g/mol. The lowest BCUT2D eigenvalue weighted by Crippen LogP contribution is -2.19. The number of benzene rings is 1. The zero-order valence-corrected chi connectivity index (χ0v) is 16.5. The summed E-state index contributed by atoms with van der Waals surface area (Å²) in [6.45, 7) is 3.97. The predicted octanol–water partition coefficient (Wildman–Crippen LogP) is 4.15. The quantitative estimate of drug-likeness (QED) is 0.651. The van der Waals surface area contributed by atoms with E-state index in [2.05, 4.69) is 9.56 Å². The molecule has 5 nitrogen and oxygen atoms in total. The second kappa shape index (κ2) is 9.33. The van der Waals surface area contributed by atoms with Gasteiger partial charge in [-0.2, -0.15) is 4.99 Å². The average Bonchev–Trinajstić information content (AvgIpc) is 3.28. The number of hydrogen-bond donors (Lipinski definition) is 0. The normalized spacial score (nSPS) is 15.8. The highest BCUT2D eigenvalue weighted by Crippen LogP contribution is 2.28. The van der Waals surface area contributed by atoms with Gasteiger partial charge in [0.2, 0.25) is 5.91 Å². The van der Waals surface area contributed by atoms with E-state index >= 15 is 0 Å². The highest BCUT2D eigenvalue weighted by molar-refractivity contribution is 7.16. The van der Waals surface area contributed by atoms with E-state index in [4.69, 9.17) is 9.47 Å². The maximum atomic E-state index is 12.4. The fraction of sp³-hybridized carbons (Fsp3) is 0.600. The molecule has 0 atom stereocenters. The molecule has 1 heterocycles. The maximum absolute atomic E-state index is 12.4. The fourth-order valence-corrected chi connectivity index (χ4v) is 4.67. The Bertz CT molecular complexity index is 803. The van der Waals surface area contributed by atoms with Gasteiger partial charge in [-0.05, 0) is 37.5 Å². The monoisotopic (exact) mass is 376 g/mol. The summed E-state index contributed by atoms with van der Waals surface area (Å²) in [5, 5.41) is 0. The Morgan fingerprint density at radius 3 is 2.88 bits per heavy atom. The van der Waals surface area contributed by atoms with Crippen LogP contribution < -0.4 is 9.54 Å². The number of methoxy groups -OCH3 is 1. The van der Waals surface area contributed by atoms with E-state index in [1.54, 1.807) is 7.11 Å². The van der Waals surface area contributed by atoms with Crippen molar-refractivity contribution in [2.24, 2.45) is 10.9 Å². The van der Waals surface area contributed by atoms with Crippen LogP contribution in [0.15, 0.2) is 23.2 Å². The van der Waals surface area contributed by atoms with E-state index in [0.717, 1.165) is 27.2 Å². The molecule has 1 amide bonds. The third kappa shape index (κ3) is 4.74. The van der Waals surface area contributed by atoms with Gasteiger partial charge in [-0.25, -0.2) is 0 Å². The van der Waals surface area contributed by atoms with Crippen LogP contribution in [0.1, 0.15) is 45.4 Å². The smallest absolute Gasteiger partial charge is 0.248 e. The number of aromatic nitrogens is 1. The number of thiazole rings is 1. The molecule has 26 heavy (non-hydrogen) atoms. The molecule has 1 aliphatic rings. The lowest BCUT2D eigenvalue weighted by molar-refractivity contribution is -0.118. The molecule has 0 spiro atoms. The van der Waals surface area contributed by atoms with E-state index in [0.29, 0.717) is 32.1 Å². The van der Waals surface area contributed by atoms with E-state index in [-0.39, 0.29) is 5.91 Å². The summed E-state index contributed by atoms with van der Waals surface area (Å²) >= 11 is 1.54. The van der Waals surface area contributed by atoms with Gasteiger partial charge in [0.25, 0.3) is 0 Å². The van der Waals surface area contributed by atoms with Crippen LogP contribution in [0.5, 0.6) is 5.75 Å². The van der Waals surface area contributed by atoms with E-state index < -0.39 is 0 Å². The lowest BCUT2D eigenvalue weighted by atomic mass is 10.0. The van der Waals surface area contributed by atoms with Crippen molar-refractivity contribution in [1.82, 2.24) is 4.57 Å². The molecule has 0 unspecified atom stereocenters. The van der Waals surface area contributed by atoms with Gasteiger partial charge in [-0.3, -0.25) is 4.79 Å². The van der Waals surface area contributed by atoms with Crippen molar-refractivity contribution >= 4 is 27.5 Å². The van der Waals surface area contributed by atoms with Gasteiger partial charge < -0.3 is 14.0 Å². The summed E-state index contributed by atoms with van der Waals surface area (Å²) in [4.78, 5) is 17.6. The van der Waals surface area contributed by atoms with Crippen LogP contribution in [0.4, 0.5) is 0 Å². The molecule has 0 saturated heterocycles. The summed E-state index contributed by atoms with van der Waals surface area (Å²) in [7, 11) is 1.66. The Kier molecular flexibility index (Phi) is 6.86. The number of carbonyl (C=O) groups is 1.